The lowest BCUT2D eigenvalue weighted by Gasteiger charge is -2.18. The maximum Gasteiger partial charge on any atom is 0.227 e. The van der Waals surface area contributed by atoms with E-state index in [0.29, 0.717) is 13.1 Å². The second-order valence-corrected chi connectivity index (χ2v) is 7.72. The zero-order valence-corrected chi connectivity index (χ0v) is 18.5. The fourth-order valence-corrected chi connectivity index (χ4v) is 3.87. The SMILES string of the molecule is CCN(CC)C(=O)Cc1c(-c2ccc(CCCCO)cc2)nn2c(C)cc(C)nc12. The van der Waals surface area contributed by atoms with Gasteiger partial charge in [-0.25, -0.2) is 9.50 Å². The van der Waals surface area contributed by atoms with Crippen LogP contribution in [0.25, 0.3) is 16.9 Å². The lowest BCUT2D eigenvalue weighted by atomic mass is 10.0. The van der Waals surface area contributed by atoms with Crippen molar-refractivity contribution in [2.24, 2.45) is 0 Å². The molecule has 0 spiro atoms. The van der Waals surface area contributed by atoms with Crippen molar-refractivity contribution >= 4 is 11.6 Å². The molecule has 0 aliphatic heterocycles. The van der Waals surface area contributed by atoms with Gasteiger partial charge in [-0.3, -0.25) is 4.79 Å². The lowest BCUT2D eigenvalue weighted by molar-refractivity contribution is -0.130. The Bertz CT molecular complexity index is 1000. The van der Waals surface area contributed by atoms with Crippen LogP contribution in [0.3, 0.4) is 0 Å². The van der Waals surface area contributed by atoms with E-state index >= 15 is 0 Å². The number of aliphatic hydroxyl groups excluding tert-OH is 1. The summed E-state index contributed by atoms with van der Waals surface area (Å²) in [6.45, 7) is 9.60. The van der Waals surface area contributed by atoms with Crippen molar-refractivity contribution in [1.82, 2.24) is 19.5 Å². The van der Waals surface area contributed by atoms with Gasteiger partial charge in [0.05, 0.1) is 12.1 Å². The number of likely N-dealkylation sites (N-methyl/N-ethyl adjacent to an activating group) is 1. The zero-order chi connectivity index (χ0) is 21.7. The Morgan fingerprint density at radius 2 is 1.80 bits per heavy atom. The maximum atomic E-state index is 12.9. The first-order valence-electron chi connectivity index (χ1n) is 10.8. The molecule has 3 rings (SSSR count). The minimum absolute atomic E-state index is 0.0951. The predicted octanol–water partition coefficient (Wildman–Crippen LogP) is 3.74. The van der Waals surface area contributed by atoms with Gasteiger partial charge in [0.1, 0.15) is 0 Å². The average molecular weight is 409 g/mol. The quantitative estimate of drug-likeness (QED) is 0.548. The van der Waals surface area contributed by atoms with Gasteiger partial charge in [-0.1, -0.05) is 24.3 Å². The van der Waals surface area contributed by atoms with Crippen LogP contribution in [0.2, 0.25) is 0 Å². The number of amides is 1. The first kappa shape index (κ1) is 22.0. The summed E-state index contributed by atoms with van der Waals surface area (Å²) >= 11 is 0. The van der Waals surface area contributed by atoms with Crippen LogP contribution in [0.1, 0.15) is 49.2 Å². The highest BCUT2D eigenvalue weighted by Crippen LogP contribution is 2.28. The highest BCUT2D eigenvalue weighted by atomic mass is 16.2. The van der Waals surface area contributed by atoms with E-state index in [1.807, 2.05) is 43.2 Å². The lowest BCUT2D eigenvalue weighted by Crippen LogP contribution is -2.31. The minimum Gasteiger partial charge on any atom is -0.396 e. The second kappa shape index (κ2) is 9.85. The van der Waals surface area contributed by atoms with Crippen molar-refractivity contribution in [2.75, 3.05) is 19.7 Å². The van der Waals surface area contributed by atoms with Crippen molar-refractivity contribution in [1.29, 1.82) is 0 Å². The van der Waals surface area contributed by atoms with Crippen LogP contribution in [-0.4, -0.2) is 50.2 Å². The van der Waals surface area contributed by atoms with Gasteiger partial charge in [0.15, 0.2) is 5.65 Å². The van der Waals surface area contributed by atoms with E-state index in [2.05, 4.69) is 24.3 Å². The standard InChI is InChI=1S/C24H32N4O2/c1-5-27(6-2)22(30)16-21-23(26-28-18(4)15-17(3)25-24(21)28)20-12-10-19(11-13-20)9-7-8-14-29/h10-13,15,29H,5-9,14,16H2,1-4H3. The smallest absolute Gasteiger partial charge is 0.227 e. The Kier molecular flexibility index (Phi) is 7.21. The summed E-state index contributed by atoms with van der Waals surface area (Å²) in [5, 5.41) is 13.8. The molecule has 0 fully saturated rings. The number of carbonyl (C=O) groups excluding carboxylic acids is 1. The number of hydrogen-bond acceptors (Lipinski definition) is 4. The third-order valence-corrected chi connectivity index (χ3v) is 5.54. The molecule has 1 aromatic carbocycles. The van der Waals surface area contributed by atoms with Crippen LogP contribution < -0.4 is 0 Å². The number of fused-ring (bicyclic) bond motifs is 1. The molecular formula is C24H32N4O2. The topological polar surface area (TPSA) is 70.7 Å². The molecule has 0 aliphatic carbocycles. The van der Waals surface area contributed by atoms with Crippen molar-refractivity contribution in [3.8, 4) is 11.3 Å². The van der Waals surface area contributed by atoms with Gasteiger partial charge in [0.25, 0.3) is 0 Å². The molecule has 160 valence electrons. The number of carbonyl (C=O) groups is 1. The number of benzene rings is 1. The molecule has 0 saturated carbocycles. The van der Waals surface area contributed by atoms with Crippen LogP contribution in [0.5, 0.6) is 0 Å². The fourth-order valence-electron chi connectivity index (χ4n) is 3.87. The van der Waals surface area contributed by atoms with Crippen LogP contribution in [0.4, 0.5) is 0 Å². The molecule has 1 N–H and O–H groups in total. The molecule has 2 aromatic heterocycles. The first-order valence-corrected chi connectivity index (χ1v) is 10.8. The zero-order valence-electron chi connectivity index (χ0n) is 18.5. The molecule has 0 unspecified atom stereocenters. The summed E-state index contributed by atoms with van der Waals surface area (Å²) < 4.78 is 1.85. The Morgan fingerprint density at radius 3 is 2.43 bits per heavy atom. The highest BCUT2D eigenvalue weighted by Gasteiger charge is 2.21. The molecule has 0 radical (unpaired) electrons. The van der Waals surface area contributed by atoms with Crippen LogP contribution in [0, 0.1) is 13.8 Å². The van der Waals surface area contributed by atoms with E-state index < -0.39 is 0 Å². The number of aliphatic hydroxyl groups is 1. The number of aromatic nitrogens is 3. The summed E-state index contributed by atoms with van der Waals surface area (Å²) in [6, 6.07) is 10.4. The fraction of sp³-hybridized carbons (Fsp3) is 0.458. The van der Waals surface area contributed by atoms with Crippen molar-refractivity contribution in [3.05, 3.63) is 52.8 Å². The number of hydrogen-bond donors (Lipinski definition) is 1. The number of unbranched alkanes of at least 4 members (excludes halogenated alkanes) is 1. The molecule has 0 aliphatic rings. The van der Waals surface area contributed by atoms with Crippen molar-refractivity contribution in [3.63, 3.8) is 0 Å². The maximum absolute atomic E-state index is 12.9. The molecule has 6 heteroatoms. The van der Waals surface area contributed by atoms with Crippen LogP contribution >= 0.6 is 0 Å². The van der Waals surface area contributed by atoms with E-state index in [1.165, 1.54) is 5.56 Å². The first-order chi connectivity index (χ1) is 14.5. The molecule has 6 nitrogen and oxygen atoms in total. The molecule has 0 saturated heterocycles. The molecule has 3 aromatic rings. The third-order valence-electron chi connectivity index (χ3n) is 5.54. The van der Waals surface area contributed by atoms with E-state index in [1.54, 1.807) is 0 Å². The normalized spacial score (nSPS) is 11.2. The summed E-state index contributed by atoms with van der Waals surface area (Å²) in [5.74, 6) is 0.0951. The van der Waals surface area contributed by atoms with Gasteiger partial charge >= 0.3 is 0 Å². The third kappa shape index (κ3) is 4.70. The highest BCUT2D eigenvalue weighted by molar-refractivity contribution is 5.84. The monoisotopic (exact) mass is 408 g/mol. The second-order valence-electron chi connectivity index (χ2n) is 7.72. The average Bonchev–Trinajstić information content (AvgIpc) is 3.08. The summed E-state index contributed by atoms with van der Waals surface area (Å²) in [5.41, 5.74) is 6.61. The van der Waals surface area contributed by atoms with Gasteiger partial charge in [0.2, 0.25) is 5.91 Å². The largest absolute Gasteiger partial charge is 0.396 e. The Balaban J connectivity index is 2.03. The van der Waals surface area contributed by atoms with Crippen LogP contribution in [-0.2, 0) is 17.6 Å². The molecule has 0 atom stereocenters. The molecular weight excluding hydrogens is 376 g/mol. The number of aryl methyl sites for hydroxylation is 3. The van der Waals surface area contributed by atoms with E-state index in [-0.39, 0.29) is 18.9 Å². The van der Waals surface area contributed by atoms with Gasteiger partial charge in [0, 0.05) is 42.2 Å². The number of nitrogens with zero attached hydrogens (tertiary/aromatic N) is 4. The molecule has 1 amide bonds. The predicted molar refractivity (Wildman–Crippen MR) is 120 cm³/mol. The Labute approximate surface area is 178 Å². The van der Waals surface area contributed by atoms with E-state index in [9.17, 15) is 4.79 Å². The van der Waals surface area contributed by atoms with Gasteiger partial charge in [-0.15, -0.1) is 0 Å². The molecule has 30 heavy (non-hydrogen) atoms. The summed E-state index contributed by atoms with van der Waals surface area (Å²) in [7, 11) is 0. The van der Waals surface area contributed by atoms with Gasteiger partial charge in [-0.05, 0) is 58.6 Å². The van der Waals surface area contributed by atoms with Gasteiger partial charge in [-0.2, -0.15) is 5.10 Å². The van der Waals surface area contributed by atoms with E-state index in [0.717, 1.165) is 53.1 Å². The Morgan fingerprint density at radius 1 is 1.10 bits per heavy atom. The number of rotatable bonds is 9. The van der Waals surface area contributed by atoms with Crippen molar-refractivity contribution < 1.29 is 9.90 Å². The van der Waals surface area contributed by atoms with Crippen molar-refractivity contribution in [2.45, 2.75) is 53.4 Å². The van der Waals surface area contributed by atoms with E-state index in [4.69, 9.17) is 15.2 Å². The summed E-state index contributed by atoms with van der Waals surface area (Å²) in [4.78, 5) is 19.5. The molecule has 2 heterocycles. The Hall–Kier alpha value is -2.73. The minimum atomic E-state index is 0.0951. The van der Waals surface area contributed by atoms with Gasteiger partial charge < -0.3 is 10.0 Å². The summed E-state index contributed by atoms with van der Waals surface area (Å²) in [6.07, 6.45) is 3.01. The molecule has 0 bridgehead atoms. The van der Waals surface area contributed by atoms with Crippen LogP contribution in [0.15, 0.2) is 30.3 Å².